The highest BCUT2D eigenvalue weighted by Crippen LogP contribution is 2.10. The minimum Gasteiger partial charge on any atom is -0.383 e. The van der Waals surface area contributed by atoms with Crippen LogP contribution < -0.4 is 5.32 Å². The van der Waals surface area contributed by atoms with Crippen molar-refractivity contribution < 1.29 is 4.74 Å². The van der Waals surface area contributed by atoms with Crippen LogP contribution >= 0.6 is 15.9 Å². The van der Waals surface area contributed by atoms with Gasteiger partial charge in [-0.2, -0.15) is 0 Å². The normalized spacial score (nSPS) is 11.1. The molecule has 0 aromatic carbocycles. The van der Waals surface area contributed by atoms with Gasteiger partial charge < -0.3 is 10.1 Å². The zero-order chi connectivity index (χ0) is 11.4. The molecule has 0 aliphatic rings. The maximum atomic E-state index is 4.97. The van der Waals surface area contributed by atoms with Crippen LogP contribution in [0.4, 0.5) is 0 Å². The largest absolute Gasteiger partial charge is 0.383 e. The number of rotatable bonds is 5. The van der Waals surface area contributed by atoms with E-state index in [0.29, 0.717) is 6.61 Å². The highest BCUT2D eigenvalue weighted by molar-refractivity contribution is 9.10. The van der Waals surface area contributed by atoms with Gasteiger partial charge in [0.25, 0.3) is 0 Å². The Bertz CT molecular complexity index is 471. The number of hydrogen-bond acceptors (Lipinski definition) is 4. The van der Waals surface area contributed by atoms with Crippen LogP contribution in [0.2, 0.25) is 0 Å². The summed E-state index contributed by atoms with van der Waals surface area (Å²) in [5, 5.41) is 3.28. The molecule has 2 rings (SSSR count). The fraction of sp³-hybridized carbons (Fsp3) is 0.400. The molecule has 0 saturated heterocycles. The van der Waals surface area contributed by atoms with Gasteiger partial charge in [0.1, 0.15) is 4.60 Å². The minimum atomic E-state index is 0.710. The average Bonchev–Trinajstić information content (AvgIpc) is 2.67. The van der Waals surface area contributed by atoms with Crippen molar-refractivity contribution in [3.05, 3.63) is 28.9 Å². The number of imidazole rings is 1. The molecule has 1 N–H and O–H groups in total. The zero-order valence-corrected chi connectivity index (χ0v) is 10.6. The van der Waals surface area contributed by atoms with Gasteiger partial charge in [-0.15, -0.1) is 0 Å². The molecule has 0 bridgehead atoms. The molecule has 0 saturated carbocycles. The second-order valence-electron chi connectivity index (χ2n) is 3.36. The third kappa shape index (κ3) is 2.58. The highest BCUT2D eigenvalue weighted by atomic mass is 79.9. The molecule has 0 spiro atoms. The van der Waals surface area contributed by atoms with Gasteiger partial charge in [0.15, 0.2) is 5.65 Å². The van der Waals surface area contributed by atoms with Crippen LogP contribution in [0.15, 0.2) is 23.2 Å². The van der Waals surface area contributed by atoms with Gasteiger partial charge in [-0.25, -0.2) is 9.97 Å². The van der Waals surface area contributed by atoms with Crippen LogP contribution in [-0.2, 0) is 11.3 Å². The molecule has 2 heterocycles. The fourth-order valence-corrected chi connectivity index (χ4v) is 1.74. The molecular formula is C10H13BrN4O. The molecule has 0 atom stereocenters. The lowest BCUT2D eigenvalue weighted by Gasteiger charge is -2.04. The highest BCUT2D eigenvalue weighted by Gasteiger charge is 2.03. The Morgan fingerprint density at radius 1 is 1.44 bits per heavy atom. The predicted octanol–water partition coefficient (Wildman–Crippen LogP) is 1.23. The van der Waals surface area contributed by atoms with Crippen LogP contribution in [0.5, 0.6) is 0 Å². The van der Waals surface area contributed by atoms with Crippen molar-refractivity contribution in [2.45, 2.75) is 6.54 Å². The predicted molar refractivity (Wildman–Crippen MR) is 64.3 cm³/mol. The van der Waals surface area contributed by atoms with E-state index in [4.69, 9.17) is 4.74 Å². The molecule has 86 valence electrons. The van der Waals surface area contributed by atoms with Crippen molar-refractivity contribution >= 4 is 21.6 Å². The molecule has 6 heteroatoms. The third-order valence-corrected chi connectivity index (χ3v) is 2.64. The monoisotopic (exact) mass is 284 g/mol. The first-order chi connectivity index (χ1) is 7.81. The Morgan fingerprint density at radius 3 is 3.12 bits per heavy atom. The standard InChI is InChI=1S/C10H13BrN4O/c1-16-3-2-12-4-8-5-14-10-6-13-9(11)7-15(8)10/h5-7,12H,2-4H2,1H3. The summed E-state index contributed by atoms with van der Waals surface area (Å²) >= 11 is 3.34. The van der Waals surface area contributed by atoms with Crippen LogP contribution in [0, 0.1) is 0 Å². The number of nitrogens with one attached hydrogen (secondary N) is 1. The Balaban J connectivity index is 2.09. The number of aromatic nitrogens is 3. The maximum absolute atomic E-state index is 4.97. The number of ether oxygens (including phenoxy) is 1. The number of methoxy groups -OCH3 is 1. The topological polar surface area (TPSA) is 51.5 Å². The zero-order valence-electron chi connectivity index (χ0n) is 8.98. The van der Waals surface area contributed by atoms with Crippen molar-refractivity contribution in [1.29, 1.82) is 0 Å². The lowest BCUT2D eigenvalue weighted by Crippen LogP contribution is -2.19. The number of halogens is 1. The van der Waals surface area contributed by atoms with E-state index in [1.165, 1.54) is 0 Å². The van der Waals surface area contributed by atoms with E-state index in [1.54, 1.807) is 13.3 Å². The van der Waals surface area contributed by atoms with Crippen molar-refractivity contribution in [2.75, 3.05) is 20.3 Å². The smallest absolute Gasteiger partial charge is 0.155 e. The van der Waals surface area contributed by atoms with Crippen molar-refractivity contribution in [3.63, 3.8) is 0 Å². The van der Waals surface area contributed by atoms with E-state index in [-0.39, 0.29) is 0 Å². The van der Waals surface area contributed by atoms with E-state index < -0.39 is 0 Å². The Hall–Kier alpha value is -0.980. The number of nitrogens with zero attached hydrogens (tertiary/aromatic N) is 3. The van der Waals surface area contributed by atoms with Crippen LogP contribution in [-0.4, -0.2) is 34.6 Å². The molecule has 0 radical (unpaired) electrons. The Labute approximate surface area is 102 Å². The van der Waals surface area contributed by atoms with E-state index in [9.17, 15) is 0 Å². The SMILES string of the molecule is COCCNCc1cnc2cnc(Br)cn12. The molecule has 0 fully saturated rings. The third-order valence-electron chi connectivity index (χ3n) is 2.23. The van der Waals surface area contributed by atoms with Gasteiger partial charge in [0.2, 0.25) is 0 Å². The van der Waals surface area contributed by atoms with Gasteiger partial charge in [-0.1, -0.05) is 0 Å². The second-order valence-corrected chi connectivity index (χ2v) is 4.17. The molecule has 0 unspecified atom stereocenters. The first-order valence-corrected chi connectivity index (χ1v) is 5.77. The Morgan fingerprint density at radius 2 is 2.31 bits per heavy atom. The second kappa shape index (κ2) is 5.38. The van der Waals surface area contributed by atoms with Crippen LogP contribution in [0.1, 0.15) is 5.69 Å². The van der Waals surface area contributed by atoms with E-state index in [1.807, 2.05) is 16.8 Å². The van der Waals surface area contributed by atoms with Gasteiger partial charge in [-0.3, -0.25) is 4.40 Å². The van der Waals surface area contributed by atoms with Crippen molar-refractivity contribution in [2.24, 2.45) is 0 Å². The van der Waals surface area contributed by atoms with Gasteiger partial charge in [0.05, 0.1) is 24.7 Å². The average molecular weight is 285 g/mol. The lowest BCUT2D eigenvalue weighted by atomic mass is 10.4. The summed E-state index contributed by atoms with van der Waals surface area (Å²) in [6.45, 7) is 2.30. The summed E-state index contributed by atoms with van der Waals surface area (Å²) in [5.74, 6) is 0. The molecule has 16 heavy (non-hydrogen) atoms. The molecule has 2 aromatic rings. The quantitative estimate of drug-likeness (QED) is 0.839. The molecule has 0 aliphatic carbocycles. The summed E-state index contributed by atoms with van der Waals surface area (Å²) in [6.07, 6.45) is 5.50. The fourth-order valence-electron chi connectivity index (χ4n) is 1.44. The summed E-state index contributed by atoms with van der Waals surface area (Å²) in [6, 6.07) is 0. The molecular weight excluding hydrogens is 272 g/mol. The lowest BCUT2D eigenvalue weighted by molar-refractivity contribution is 0.199. The van der Waals surface area contributed by atoms with Crippen molar-refractivity contribution in [3.8, 4) is 0 Å². The Kier molecular flexibility index (Phi) is 3.87. The maximum Gasteiger partial charge on any atom is 0.155 e. The summed E-state index contributed by atoms with van der Waals surface area (Å²) in [7, 11) is 1.69. The van der Waals surface area contributed by atoms with Crippen LogP contribution in [0.25, 0.3) is 5.65 Å². The molecule has 0 aliphatic heterocycles. The summed E-state index contributed by atoms with van der Waals surface area (Å²) < 4.78 is 7.78. The van der Waals surface area contributed by atoms with E-state index in [2.05, 4.69) is 31.2 Å². The van der Waals surface area contributed by atoms with Gasteiger partial charge in [-0.05, 0) is 15.9 Å². The number of fused-ring (bicyclic) bond motifs is 1. The van der Waals surface area contributed by atoms with Crippen molar-refractivity contribution in [1.82, 2.24) is 19.7 Å². The van der Waals surface area contributed by atoms with E-state index >= 15 is 0 Å². The van der Waals surface area contributed by atoms with Crippen LogP contribution in [0.3, 0.4) is 0 Å². The first kappa shape index (κ1) is 11.5. The van der Waals surface area contributed by atoms with Gasteiger partial charge >= 0.3 is 0 Å². The van der Waals surface area contributed by atoms with Gasteiger partial charge in [0, 0.05) is 26.4 Å². The molecule has 0 amide bonds. The molecule has 2 aromatic heterocycles. The summed E-state index contributed by atoms with van der Waals surface area (Å²) in [4.78, 5) is 8.39. The number of hydrogen-bond donors (Lipinski definition) is 1. The molecule has 5 nitrogen and oxygen atoms in total. The first-order valence-electron chi connectivity index (χ1n) is 4.98. The minimum absolute atomic E-state index is 0.710. The van der Waals surface area contributed by atoms with E-state index in [0.717, 1.165) is 29.0 Å². The summed E-state index contributed by atoms with van der Waals surface area (Å²) in [5.41, 5.74) is 1.96.